The van der Waals surface area contributed by atoms with E-state index in [0.29, 0.717) is 12.5 Å². The minimum absolute atomic E-state index is 0.0746. The predicted molar refractivity (Wildman–Crippen MR) is 72.6 cm³/mol. The molecule has 2 fully saturated rings. The summed E-state index contributed by atoms with van der Waals surface area (Å²) in [6.07, 6.45) is 3.56. The van der Waals surface area contributed by atoms with Crippen LogP contribution in [0.5, 0.6) is 0 Å². The number of esters is 2. The van der Waals surface area contributed by atoms with E-state index >= 15 is 0 Å². The molecule has 114 valence electrons. The van der Waals surface area contributed by atoms with Gasteiger partial charge in [0.05, 0.1) is 13.4 Å². The average Bonchev–Trinajstić information content (AvgIpc) is 3.07. The second-order valence-corrected chi connectivity index (χ2v) is 5.67. The SMILES string of the molecule is COC(=O)C1C2CCC(C[C@@H]1OC(=O)c1ccco1)N2C. The number of hydrogen-bond acceptors (Lipinski definition) is 6. The van der Waals surface area contributed by atoms with Crippen molar-refractivity contribution >= 4 is 11.9 Å². The van der Waals surface area contributed by atoms with E-state index in [1.807, 2.05) is 7.05 Å². The van der Waals surface area contributed by atoms with E-state index in [9.17, 15) is 9.59 Å². The van der Waals surface area contributed by atoms with Crippen molar-refractivity contribution in [1.82, 2.24) is 4.90 Å². The molecule has 0 aromatic carbocycles. The largest absolute Gasteiger partial charge is 0.469 e. The molecule has 1 aromatic heterocycles. The Balaban J connectivity index is 1.79. The summed E-state index contributed by atoms with van der Waals surface area (Å²) in [6, 6.07) is 3.61. The van der Waals surface area contributed by atoms with E-state index in [1.165, 1.54) is 13.4 Å². The fourth-order valence-corrected chi connectivity index (χ4v) is 3.58. The third-order valence-corrected chi connectivity index (χ3v) is 4.67. The Morgan fingerprint density at radius 3 is 2.86 bits per heavy atom. The maximum Gasteiger partial charge on any atom is 0.374 e. The summed E-state index contributed by atoms with van der Waals surface area (Å²) in [5, 5.41) is 0. The van der Waals surface area contributed by atoms with E-state index in [1.54, 1.807) is 12.1 Å². The van der Waals surface area contributed by atoms with E-state index in [0.717, 1.165) is 12.8 Å². The van der Waals surface area contributed by atoms with Crippen molar-refractivity contribution in [1.29, 1.82) is 0 Å². The van der Waals surface area contributed by atoms with Gasteiger partial charge in [0.15, 0.2) is 0 Å². The summed E-state index contributed by atoms with van der Waals surface area (Å²) in [7, 11) is 3.39. The Labute approximate surface area is 123 Å². The minimum atomic E-state index is -0.525. The van der Waals surface area contributed by atoms with Crippen molar-refractivity contribution in [2.24, 2.45) is 5.92 Å². The number of nitrogens with zero attached hydrogens (tertiary/aromatic N) is 1. The number of furan rings is 1. The molecule has 3 unspecified atom stereocenters. The number of ether oxygens (including phenoxy) is 2. The van der Waals surface area contributed by atoms with Crippen molar-refractivity contribution in [2.45, 2.75) is 37.5 Å². The lowest BCUT2D eigenvalue weighted by atomic mass is 9.87. The fourth-order valence-electron chi connectivity index (χ4n) is 3.58. The molecule has 4 atom stereocenters. The first-order valence-corrected chi connectivity index (χ1v) is 7.16. The van der Waals surface area contributed by atoms with Crippen molar-refractivity contribution in [3.8, 4) is 0 Å². The van der Waals surface area contributed by atoms with Gasteiger partial charge in [-0.2, -0.15) is 0 Å². The van der Waals surface area contributed by atoms with Crippen LogP contribution in [0.1, 0.15) is 29.8 Å². The van der Waals surface area contributed by atoms with Crippen LogP contribution in [-0.4, -0.2) is 49.2 Å². The first-order chi connectivity index (χ1) is 10.1. The number of piperidine rings is 1. The Morgan fingerprint density at radius 2 is 2.19 bits per heavy atom. The van der Waals surface area contributed by atoms with Gasteiger partial charge in [0, 0.05) is 18.5 Å². The molecule has 0 spiro atoms. The van der Waals surface area contributed by atoms with Gasteiger partial charge in [-0.25, -0.2) is 4.79 Å². The van der Waals surface area contributed by atoms with Gasteiger partial charge in [-0.1, -0.05) is 0 Å². The molecule has 0 saturated carbocycles. The molecule has 2 bridgehead atoms. The van der Waals surface area contributed by atoms with Crippen LogP contribution in [0.15, 0.2) is 22.8 Å². The zero-order valence-corrected chi connectivity index (χ0v) is 12.2. The van der Waals surface area contributed by atoms with E-state index in [-0.39, 0.29) is 17.8 Å². The summed E-state index contributed by atoms with van der Waals surface area (Å²) in [5.41, 5.74) is 0. The van der Waals surface area contributed by atoms with Gasteiger partial charge < -0.3 is 13.9 Å². The highest BCUT2D eigenvalue weighted by atomic mass is 16.6. The topological polar surface area (TPSA) is 69.0 Å². The molecule has 3 rings (SSSR count). The lowest BCUT2D eigenvalue weighted by Crippen LogP contribution is -2.53. The zero-order valence-electron chi connectivity index (χ0n) is 12.2. The standard InChI is InChI=1S/C15H19NO5/c1-16-9-5-6-10(16)13(15(18)19-2)12(8-9)21-14(17)11-4-3-7-20-11/h3-4,7,9-10,12-13H,5-6,8H2,1-2H3/t9?,10?,12-,13?/m0/s1. The van der Waals surface area contributed by atoms with Gasteiger partial charge in [0.2, 0.25) is 5.76 Å². The highest BCUT2D eigenvalue weighted by molar-refractivity contribution is 5.86. The molecule has 0 aliphatic carbocycles. The Morgan fingerprint density at radius 1 is 1.38 bits per heavy atom. The second kappa shape index (κ2) is 5.52. The predicted octanol–water partition coefficient (Wildman–Crippen LogP) is 1.46. The number of hydrogen-bond donors (Lipinski definition) is 0. The Hall–Kier alpha value is -1.82. The van der Waals surface area contributed by atoms with Crippen molar-refractivity contribution in [3.63, 3.8) is 0 Å². The van der Waals surface area contributed by atoms with Gasteiger partial charge >= 0.3 is 11.9 Å². The lowest BCUT2D eigenvalue weighted by molar-refractivity contribution is -0.156. The molecule has 6 nitrogen and oxygen atoms in total. The monoisotopic (exact) mass is 293 g/mol. The summed E-state index contributed by atoms with van der Waals surface area (Å²) in [5.74, 6) is -1.12. The molecule has 0 radical (unpaired) electrons. The maximum atomic E-state index is 12.1. The molecule has 2 aliphatic rings. The molecular weight excluding hydrogens is 274 g/mol. The Kier molecular flexibility index (Phi) is 3.71. The van der Waals surface area contributed by atoms with Crippen LogP contribution in [0.4, 0.5) is 0 Å². The third-order valence-electron chi connectivity index (χ3n) is 4.67. The number of carbonyl (C=O) groups is 2. The van der Waals surface area contributed by atoms with Gasteiger partial charge in [0.1, 0.15) is 12.0 Å². The number of methoxy groups -OCH3 is 1. The second-order valence-electron chi connectivity index (χ2n) is 5.67. The first kappa shape index (κ1) is 14.1. The van der Waals surface area contributed by atoms with Crippen molar-refractivity contribution < 1.29 is 23.5 Å². The van der Waals surface area contributed by atoms with E-state index < -0.39 is 18.0 Å². The molecule has 21 heavy (non-hydrogen) atoms. The number of rotatable bonds is 3. The quantitative estimate of drug-likeness (QED) is 0.786. The molecular formula is C15H19NO5. The van der Waals surface area contributed by atoms with Crippen LogP contribution in [0.3, 0.4) is 0 Å². The van der Waals surface area contributed by atoms with Crippen LogP contribution in [0.2, 0.25) is 0 Å². The molecule has 0 amide bonds. The number of carbonyl (C=O) groups excluding carboxylic acids is 2. The smallest absolute Gasteiger partial charge is 0.374 e. The molecule has 1 aromatic rings. The average molecular weight is 293 g/mol. The van der Waals surface area contributed by atoms with Gasteiger partial charge in [0.25, 0.3) is 0 Å². The molecule has 2 saturated heterocycles. The first-order valence-electron chi connectivity index (χ1n) is 7.16. The summed E-state index contributed by atoms with van der Waals surface area (Å²) < 4.78 is 15.5. The summed E-state index contributed by atoms with van der Waals surface area (Å²) in [4.78, 5) is 26.4. The van der Waals surface area contributed by atoms with E-state index in [4.69, 9.17) is 13.9 Å². The fraction of sp³-hybridized carbons (Fsp3) is 0.600. The maximum absolute atomic E-state index is 12.1. The number of fused-ring (bicyclic) bond motifs is 2. The van der Waals surface area contributed by atoms with Crippen LogP contribution < -0.4 is 0 Å². The van der Waals surface area contributed by atoms with Gasteiger partial charge in [-0.05, 0) is 32.0 Å². The Bertz CT molecular complexity index is 526. The van der Waals surface area contributed by atoms with Crippen molar-refractivity contribution in [2.75, 3.05) is 14.2 Å². The van der Waals surface area contributed by atoms with Crippen molar-refractivity contribution in [3.05, 3.63) is 24.2 Å². The highest BCUT2D eigenvalue weighted by Crippen LogP contribution is 2.40. The molecule has 6 heteroatoms. The van der Waals surface area contributed by atoms with Crippen LogP contribution >= 0.6 is 0 Å². The lowest BCUT2D eigenvalue weighted by Gasteiger charge is -2.40. The third kappa shape index (κ3) is 2.44. The minimum Gasteiger partial charge on any atom is -0.469 e. The van der Waals surface area contributed by atoms with Crippen LogP contribution in [0.25, 0.3) is 0 Å². The molecule has 3 heterocycles. The normalized spacial score (nSPS) is 31.9. The molecule has 2 aliphatic heterocycles. The zero-order chi connectivity index (χ0) is 15.0. The van der Waals surface area contributed by atoms with Gasteiger partial charge in [-0.15, -0.1) is 0 Å². The molecule has 0 N–H and O–H groups in total. The summed E-state index contributed by atoms with van der Waals surface area (Å²) in [6.45, 7) is 0. The highest BCUT2D eigenvalue weighted by Gasteiger charge is 2.51. The van der Waals surface area contributed by atoms with Gasteiger partial charge in [-0.3, -0.25) is 9.69 Å². The van der Waals surface area contributed by atoms with Crippen LogP contribution in [0, 0.1) is 5.92 Å². The summed E-state index contributed by atoms with van der Waals surface area (Å²) >= 11 is 0. The van der Waals surface area contributed by atoms with E-state index in [2.05, 4.69) is 4.90 Å². The van der Waals surface area contributed by atoms with Crippen LogP contribution in [-0.2, 0) is 14.3 Å².